The molecular weight excluding hydrogens is 342 g/mol. The van der Waals surface area contributed by atoms with Crippen molar-refractivity contribution in [3.63, 3.8) is 0 Å². The first-order valence-electron chi connectivity index (χ1n) is 8.88. The number of fused-ring (bicyclic) bond motifs is 1. The maximum atomic E-state index is 13.1. The van der Waals surface area contributed by atoms with Gasteiger partial charge in [0.25, 0.3) is 5.91 Å². The van der Waals surface area contributed by atoms with E-state index in [9.17, 15) is 4.79 Å². The van der Waals surface area contributed by atoms with Gasteiger partial charge in [0.1, 0.15) is 0 Å². The normalized spacial score (nSPS) is 19.6. The number of anilines is 1. The van der Waals surface area contributed by atoms with E-state index in [1.165, 1.54) is 0 Å². The van der Waals surface area contributed by atoms with Crippen molar-refractivity contribution in [2.24, 2.45) is 0 Å². The molecule has 0 spiro atoms. The second kappa shape index (κ2) is 6.74. The van der Waals surface area contributed by atoms with Gasteiger partial charge in [-0.05, 0) is 36.7 Å². The van der Waals surface area contributed by atoms with Gasteiger partial charge in [-0.3, -0.25) is 4.79 Å². The van der Waals surface area contributed by atoms with Gasteiger partial charge in [0.2, 0.25) is 0 Å². The molecule has 1 aromatic heterocycles. The van der Waals surface area contributed by atoms with Crippen LogP contribution in [0.2, 0.25) is 0 Å². The van der Waals surface area contributed by atoms with Crippen molar-refractivity contribution in [3.8, 4) is 0 Å². The molecule has 2 aromatic carbocycles. The van der Waals surface area contributed by atoms with Gasteiger partial charge in [0.05, 0.1) is 10.4 Å². The summed E-state index contributed by atoms with van der Waals surface area (Å²) in [5, 5.41) is 7.86. The first-order valence-corrected chi connectivity index (χ1v) is 9.69. The third-order valence-electron chi connectivity index (χ3n) is 5.08. The van der Waals surface area contributed by atoms with Crippen LogP contribution in [-0.2, 0) is 5.54 Å². The highest BCUT2D eigenvalue weighted by Gasteiger charge is 2.37. The van der Waals surface area contributed by atoms with Crippen molar-refractivity contribution in [3.05, 3.63) is 65.0 Å². The predicted molar refractivity (Wildman–Crippen MR) is 109 cm³/mol. The lowest BCUT2D eigenvalue weighted by Crippen LogP contribution is -2.47. The van der Waals surface area contributed by atoms with Crippen LogP contribution >= 0.6 is 11.3 Å². The maximum absolute atomic E-state index is 13.1. The highest BCUT2D eigenvalue weighted by Crippen LogP contribution is 2.34. The third-order valence-corrected chi connectivity index (χ3v) is 6.18. The zero-order chi connectivity index (χ0) is 18.1. The zero-order valence-electron chi connectivity index (χ0n) is 15.1. The van der Waals surface area contributed by atoms with E-state index in [1.54, 1.807) is 11.3 Å². The Hall–Kier alpha value is -2.37. The number of hydrogen-bond acceptors (Lipinski definition) is 4. The van der Waals surface area contributed by atoms with Gasteiger partial charge in [0.15, 0.2) is 0 Å². The zero-order valence-corrected chi connectivity index (χ0v) is 15.9. The van der Waals surface area contributed by atoms with E-state index in [4.69, 9.17) is 0 Å². The van der Waals surface area contributed by atoms with Crippen molar-refractivity contribution in [1.29, 1.82) is 0 Å². The van der Waals surface area contributed by atoms with Crippen molar-refractivity contribution in [2.75, 3.05) is 32.1 Å². The number of rotatable bonds is 4. The van der Waals surface area contributed by atoms with Crippen molar-refractivity contribution in [1.82, 2.24) is 10.6 Å². The Balaban J connectivity index is 1.67. The maximum Gasteiger partial charge on any atom is 0.262 e. The molecule has 2 N–H and O–H groups in total. The molecule has 1 saturated heterocycles. The minimum Gasteiger partial charge on any atom is -0.377 e. The summed E-state index contributed by atoms with van der Waals surface area (Å²) in [6.07, 6.45) is 0.899. The number of amides is 1. The highest BCUT2D eigenvalue weighted by atomic mass is 32.1. The summed E-state index contributed by atoms with van der Waals surface area (Å²) in [7, 11) is 4.06. The average Bonchev–Trinajstić information content (AvgIpc) is 3.29. The molecule has 5 heteroatoms. The van der Waals surface area contributed by atoms with E-state index in [1.807, 2.05) is 44.4 Å². The summed E-state index contributed by atoms with van der Waals surface area (Å²) in [4.78, 5) is 15.9. The van der Waals surface area contributed by atoms with E-state index < -0.39 is 0 Å². The van der Waals surface area contributed by atoms with Gasteiger partial charge in [-0.25, -0.2) is 0 Å². The van der Waals surface area contributed by atoms with Gasteiger partial charge in [0, 0.05) is 36.4 Å². The molecule has 0 saturated carbocycles. The van der Waals surface area contributed by atoms with Crippen LogP contribution in [-0.4, -0.2) is 33.1 Å². The summed E-state index contributed by atoms with van der Waals surface area (Å²) in [5.41, 5.74) is 1.96. The molecule has 3 aromatic rings. The van der Waals surface area contributed by atoms with E-state index >= 15 is 0 Å². The van der Waals surface area contributed by atoms with Crippen LogP contribution in [0.5, 0.6) is 0 Å². The van der Waals surface area contributed by atoms with Crippen molar-refractivity contribution >= 4 is 33.0 Å². The van der Waals surface area contributed by atoms with Crippen LogP contribution < -0.4 is 15.5 Å². The second-order valence-corrected chi connectivity index (χ2v) is 8.11. The molecule has 4 nitrogen and oxygen atoms in total. The van der Waals surface area contributed by atoms with E-state index in [0.29, 0.717) is 0 Å². The van der Waals surface area contributed by atoms with Crippen molar-refractivity contribution in [2.45, 2.75) is 12.0 Å². The molecule has 1 aliphatic rings. The lowest BCUT2D eigenvalue weighted by molar-refractivity contribution is 0.0908. The van der Waals surface area contributed by atoms with E-state index in [2.05, 4.69) is 39.8 Å². The lowest BCUT2D eigenvalue weighted by Gasteiger charge is -2.30. The molecule has 0 bridgehead atoms. The molecule has 1 atom stereocenters. The third kappa shape index (κ3) is 2.97. The van der Waals surface area contributed by atoms with Crippen LogP contribution in [0.3, 0.4) is 0 Å². The fourth-order valence-electron chi connectivity index (χ4n) is 3.70. The Bertz CT molecular complexity index is 927. The summed E-state index contributed by atoms with van der Waals surface area (Å²) in [6.45, 7) is 1.67. The highest BCUT2D eigenvalue weighted by molar-refractivity contribution is 7.20. The molecular formula is C21H23N3OS. The van der Waals surface area contributed by atoms with Crippen LogP contribution in [0, 0.1) is 0 Å². The van der Waals surface area contributed by atoms with Gasteiger partial charge in [-0.1, -0.05) is 36.4 Å². The topological polar surface area (TPSA) is 44.4 Å². The smallest absolute Gasteiger partial charge is 0.262 e. The number of carbonyl (C=O) groups excluding carboxylic acids is 1. The minimum absolute atomic E-state index is 0.00320. The second-order valence-electron chi connectivity index (χ2n) is 7.02. The SMILES string of the molecule is CN(C)c1cccc2sc(C(=O)NC3(c4ccccc4)CCNC3)cc12. The largest absolute Gasteiger partial charge is 0.377 e. The van der Waals surface area contributed by atoms with Gasteiger partial charge < -0.3 is 15.5 Å². The summed E-state index contributed by atoms with van der Waals surface area (Å²) >= 11 is 1.56. The van der Waals surface area contributed by atoms with Crippen LogP contribution in [0.15, 0.2) is 54.6 Å². The number of carbonyl (C=O) groups is 1. The van der Waals surface area contributed by atoms with Gasteiger partial charge in [-0.2, -0.15) is 0 Å². The Labute approximate surface area is 157 Å². The monoisotopic (exact) mass is 365 g/mol. The molecule has 0 radical (unpaired) electrons. The molecule has 1 unspecified atom stereocenters. The first kappa shape index (κ1) is 17.1. The Kier molecular flexibility index (Phi) is 4.42. The Morgan fingerprint density at radius 1 is 1.15 bits per heavy atom. The first-order chi connectivity index (χ1) is 12.6. The number of thiophene rings is 1. The quantitative estimate of drug-likeness (QED) is 0.743. The van der Waals surface area contributed by atoms with Gasteiger partial charge >= 0.3 is 0 Å². The minimum atomic E-state index is -0.334. The molecule has 1 amide bonds. The van der Waals surface area contributed by atoms with Crippen LogP contribution in [0.1, 0.15) is 21.7 Å². The molecule has 134 valence electrons. The fraction of sp³-hybridized carbons (Fsp3) is 0.286. The standard InChI is InChI=1S/C21H23N3OS/c1-24(2)17-9-6-10-18-16(17)13-19(26-18)20(25)23-21(11-12-22-14-21)15-7-4-3-5-8-15/h3-10,13,22H,11-12,14H2,1-2H3,(H,23,25). The summed E-state index contributed by atoms with van der Waals surface area (Å²) < 4.78 is 1.14. The number of hydrogen-bond donors (Lipinski definition) is 2. The summed E-state index contributed by atoms with van der Waals surface area (Å²) in [6, 6.07) is 18.5. The summed E-state index contributed by atoms with van der Waals surface area (Å²) in [5.74, 6) is 0.00320. The van der Waals surface area contributed by atoms with E-state index in [0.717, 1.165) is 45.7 Å². The predicted octanol–water partition coefficient (Wildman–Crippen LogP) is 3.59. The average molecular weight is 366 g/mol. The Morgan fingerprint density at radius 2 is 1.96 bits per heavy atom. The molecule has 2 heterocycles. The van der Waals surface area contributed by atoms with Crippen LogP contribution in [0.25, 0.3) is 10.1 Å². The van der Waals surface area contributed by atoms with Crippen LogP contribution in [0.4, 0.5) is 5.69 Å². The molecule has 1 aliphatic heterocycles. The molecule has 0 aliphatic carbocycles. The number of nitrogens with one attached hydrogen (secondary N) is 2. The fourth-order valence-corrected chi connectivity index (χ4v) is 4.68. The molecule has 26 heavy (non-hydrogen) atoms. The lowest BCUT2D eigenvalue weighted by atomic mass is 9.89. The number of nitrogens with zero attached hydrogens (tertiary/aromatic N) is 1. The Morgan fingerprint density at radius 3 is 2.65 bits per heavy atom. The molecule has 4 rings (SSSR count). The van der Waals surface area contributed by atoms with E-state index in [-0.39, 0.29) is 11.4 Å². The molecule has 1 fully saturated rings. The van der Waals surface area contributed by atoms with Crippen molar-refractivity contribution < 1.29 is 4.79 Å². The number of benzene rings is 2. The van der Waals surface area contributed by atoms with Gasteiger partial charge in [-0.15, -0.1) is 11.3 Å².